The molecule has 0 aromatic heterocycles. The van der Waals surface area contributed by atoms with Gasteiger partial charge in [-0.3, -0.25) is 0 Å². The van der Waals surface area contributed by atoms with Gasteiger partial charge in [0, 0.05) is 30.3 Å². The standard InChI is InChI=1S/C13H18ClN3O4S/c1-22(19,20)17-6-7-21-12(9-17)8-15-13(18)16-11-4-2-10(14)3-5-11/h2-5,12H,6-9H2,1H3,(H2,15,16,18)/t12-/m1/s1. The summed E-state index contributed by atoms with van der Waals surface area (Å²) in [6.07, 6.45) is 0.801. The molecule has 1 aromatic carbocycles. The van der Waals surface area contributed by atoms with E-state index in [1.807, 2.05) is 0 Å². The van der Waals surface area contributed by atoms with Crippen molar-refractivity contribution >= 4 is 33.3 Å². The maximum atomic E-state index is 11.8. The summed E-state index contributed by atoms with van der Waals surface area (Å²) in [5.74, 6) is 0. The second-order valence-electron chi connectivity index (χ2n) is 4.96. The second kappa shape index (κ2) is 7.28. The first-order valence-corrected chi connectivity index (χ1v) is 8.94. The third-order valence-corrected chi connectivity index (χ3v) is 4.68. The Labute approximate surface area is 134 Å². The van der Waals surface area contributed by atoms with Crippen LogP contribution in [-0.4, -0.2) is 57.4 Å². The number of rotatable bonds is 4. The van der Waals surface area contributed by atoms with E-state index in [2.05, 4.69) is 10.6 Å². The van der Waals surface area contributed by atoms with Gasteiger partial charge in [-0.05, 0) is 24.3 Å². The SMILES string of the molecule is CS(=O)(=O)N1CCO[C@H](CNC(=O)Nc2ccc(Cl)cc2)C1. The number of carbonyl (C=O) groups is 1. The molecule has 2 N–H and O–H groups in total. The van der Waals surface area contributed by atoms with Crippen molar-refractivity contribution < 1.29 is 17.9 Å². The molecule has 0 unspecified atom stereocenters. The van der Waals surface area contributed by atoms with E-state index in [0.29, 0.717) is 23.9 Å². The number of nitrogens with one attached hydrogen (secondary N) is 2. The Bertz CT molecular complexity index is 621. The predicted octanol–water partition coefficient (Wildman–Crippen LogP) is 1.12. The second-order valence-corrected chi connectivity index (χ2v) is 7.37. The zero-order valence-corrected chi connectivity index (χ0v) is 13.7. The van der Waals surface area contributed by atoms with Crippen LogP contribution in [-0.2, 0) is 14.8 Å². The van der Waals surface area contributed by atoms with Crippen LogP contribution >= 0.6 is 11.6 Å². The maximum Gasteiger partial charge on any atom is 0.319 e. The Morgan fingerprint density at radius 1 is 1.41 bits per heavy atom. The first kappa shape index (κ1) is 17.0. The molecule has 1 saturated heterocycles. The lowest BCUT2D eigenvalue weighted by molar-refractivity contribution is 0.00167. The van der Waals surface area contributed by atoms with Crippen LogP contribution in [0.5, 0.6) is 0 Å². The quantitative estimate of drug-likeness (QED) is 0.854. The van der Waals surface area contributed by atoms with Crippen molar-refractivity contribution in [2.45, 2.75) is 6.10 Å². The summed E-state index contributed by atoms with van der Waals surface area (Å²) in [6.45, 7) is 1.12. The molecule has 0 bridgehead atoms. The monoisotopic (exact) mass is 347 g/mol. The van der Waals surface area contributed by atoms with Crippen molar-refractivity contribution in [2.24, 2.45) is 0 Å². The summed E-state index contributed by atoms with van der Waals surface area (Å²) < 4.78 is 29.8. The van der Waals surface area contributed by atoms with Crippen LogP contribution in [0.15, 0.2) is 24.3 Å². The molecule has 1 heterocycles. The lowest BCUT2D eigenvalue weighted by Gasteiger charge is -2.31. The molecule has 0 radical (unpaired) electrons. The van der Waals surface area contributed by atoms with E-state index in [4.69, 9.17) is 16.3 Å². The average Bonchev–Trinajstić information content (AvgIpc) is 2.47. The molecule has 9 heteroatoms. The number of ether oxygens (including phenoxy) is 1. The van der Waals surface area contributed by atoms with Crippen molar-refractivity contribution in [1.82, 2.24) is 9.62 Å². The van der Waals surface area contributed by atoms with Crippen molar-refractivity contribution in [3.8, 4) is 0 Å². The fraction of sp³-hybridized carbons (Fsp3) is 0.462. The van der Waals surface area contributed by atoms with Gasteiger partial charge in [0.2, 0.25) is 10.0 Å². The molecule has 0 saturated carbocycles. The summed E-state index contributed by atoms with van der Waals surface area (Å²) in [6, 6.07) is 6.33. The van der Waals surface area contributed by atoms with Crippen molar-refractivity contribution in [2.75, 3.05) is 37.8 Å². The first-order valence-electron chi connectivity index (χ1n) is 6.72. The molecule has 2 rings (SSSR count). The van der Waals surface area contributed by atoms with E-state index in [1.54, 1.807) is 24.3 Å². The maximum absolute atomic E-state index is 11.8. The van der Waals surface area contributed by atoms with Crippen LogP contribution in [0.1, 0.15) is 0 Å². The van der Waals surface area contributed by atoms with E-state index >= 15 is 0 Å². The molecule has 2 amide bonds. The van der Waals surface area contributed by atoms with Gasteiger partial charge >= 0.3 is 6.03 Å². The van der Waals surface area contributed by atoms with Gasteiger partial charge in [-0.1, -0.05) is 11.6 Å². The van der Waals surface area contributed by atoms with Gasteiger partial charge in [0.15, 0.2) is 0 Å². The van der Waals surface area contributed by atoms with Gasteiger partial charge in [-0.15, -0.1) is 0 Å². The van der Waals surface area contributed by atoms with Gasteiger partial charge in [0.05, 0.1) is 19.0 Å². The van der Waals surface area contributed by atoms with Gasteiger partial charge in [-0.25, -0.2) is 13.2 Å². The number of benzene rings is 1. The summed E-state index contributed by atoms with van der Waals surface area (Å²) >= 11 is 5.76. The number of hydrogen-bond donors (Lipinski definition) is 2. The smallest absolute Gasteiger partial charge is 0.319 e. The van der Waals surface area contributed by atoms with E-state index < -0.39 is 10.0 Å². The third-order valence-electron chi connectivity index (χ3n) is 3.16. The minimum Gasteiger partial charge on any atom is -0.374 e. The number of sulfonamides is 1. The highest BCUT2D eigenvalue weighted by molar-refractivity contribution is 7.88. The highest BCUT2D eigenvalue weighted by Gasteiger charge is 2.26. The number of hydrogen-bond acceptors (Lipinski definition) is 4. The lowest BCUT2D eigenvalue weighted by atomic mass is 10.3. The summed E-state index contributed by atoms with van der Waals surface area (Å²) in [4.78, 5) is 11.8. The predicted molar refractivity (Wildman–Crippen MR) is 84.6 cm³/mol. The van der Waals surface area contributed by atoms with Gasteiger partial charge in [-0.2, -0.15) is 4.31 Å². The normalized spacial score (nSPS) is 19.6. The molecule has 1 fully saturated rings. The zero-order valence-electron chi connectivity index (χ0n) is 12.1. The van der Waals surface area contributed by atoms with Crippen LogP contribution in [0.3, 0.4) is 0 Å². The van der Waals surface area contributed by atoms with Gasteiger partial charge in [0.25, 0.3) is 0 Å². The molecule has 0 spiro atoms. The molecule has 1 aliphatic rings. The minimum atomic E-state index is -3.24. The number of urea groups is 1. The third kappa shape index (κ3) is 5.13. The highest BCUT2D eigenvalue weighted by Crippen LogP contribution is 2.13. The molecular weight excluding hydrogens is 330 g/mol. The Kier molecular flexibility index (Phi) is 5.63. The zero-order chi connectivity index (χ0) is 16.2. The largest absolute Gasteiger partial charge is 0.374 e. The summed E-state index contributed by atoms with van der Waals surface area (Å²) in [7, 11) is -3.24. The van der Waals surface area contributed by atoms with Crippen LogP contribution in [0.2, 0.25) is 5.02 Å². The minimum absolute atomic E-state index is 0.228. The molecule has 122 valence electrons. The topological polar surface area (TPSA) is 87.7 Å². The molecule has 0 aliphatic carbocycles. The number of nitrogens with zero attached hydrogens (tertiary/aromatic N) is 1. The van der Waals surface area contributed by atoms with Crippen molar-refractivity contribution in [1.29, 1.82) is 0 Å². The molecular formula is C13H18ClN3O4S. The van der Waals surface area contributed by atoms with Crippen LogP contribution in [0, 0.1) is 0 Å². The fourth-order valence-corrected chi connectivity index (χ4v) is 3.00. The summed E-state index contributed by atoms with van der Waals surface area (Å²) in [5, 5.41) is 5.90. The van der Waals surface area contributed by atoms with E-state index in [0.717, 1.165) is 6.26 Å². The Morgan fingerprint density at radius 2 is 2.09 bits per heavy atom. The number of carbonyl (C=O) groups excluding carboxylic acids is 1. The number of morpholine rings is 1. The Hall–Kier alpha value is -1.35. The number of halogens is 1. The molecule has 1 atom stereocenters. The van der Waals surface area contributed by atoms with E-state index in [1.165, 1.54) is 4.31 Å². The van der Waals surface area contributed by atoms with E-state index in [9.17, 15) is 13.2 Å². The average molecular weight is 348 g/mol. The van der Waals surface area contributed by atoms with Gasteiger partial charge < -0.3 is 15.4 Å². The Morgan fingerprint density at radius 3 is 2.73 bits per heavy atom. The molecule has 7 nitrogen and oxygen atoms in total. The first-order chi connectivity index (χ1) is 10.3. The van der Waals surface area contributed by atoms with Gasteiger partial charge in [0.1, 0.15) is 0 Å². The van der Waals surface area contributed by atoms with Crippen LogP contribution in [0.25, 0.3) is 0 Å². The van der Waals surface area contributed by atoms with Crippen molar-refractivity contribution in [3.05, 3.63) is 29.3 Å². The molecule has 22 heavy (non-hydrogen) atoms. The summed E-state index contributed by atoms with van der Waals surface area (Å²) in [5.41, 5.74) is 0.615. The Balaban J connectivity index is 1.79. The van der Waals surface area contributed by atoms with Crippen LogP contribution < -0.4 is 10.6 Å². The number of amides is 2. The van der Waals surface area contributed by atoms with E-state index in [-0.39, 0.29) is 25.2 Å². The van der Waals surface area contributed by atoms with Crippen LogP contribution in [0.4, 0.5) is 10.5 Å². The lowest BCUT2D eigenvalue weighted by Crippen LogP contribution is -2.49. The molecule has 1 aromatic rings. The molecule has 1 aliphatic heterocycles. The van der Waals surface area contributed by atoms with Crippen molar-refractivity contribution in [3.63, 3.8) is 0 Å². The highest BCUT2D eigenvalue weighted by atomic mass is 35.5. The number of anilines is 1. The fourth-order valence-electron chi connectivity index (χ4n) is 2.03.